The van der Waals surface area contributed by atoms with E-state index >= 15 is 0 Å². The summed E-state index contributed by atoms with van der Waals surface area (Å²) >= 11 is 0. The molecule has 1 aliphatic rings. The minimum Gasteiger partial charge on any atom is -0.381 e. The minimum atomic E-state index is -3.35. The van der Waals surface area contributed by atoms with Crippen molar-refractivity contribution < 1.29 is 17.9 Å². The zero-order valence-electron chi connectivity index (χ0n) is 16.9. The molecule has 0 spiro atoms. The summed E-state index contributed by atoms with van der Waals surface area (Å²) in [5, 5.41) is 6.18. The van der Waals surface area contributed by atoms with Crippen molar-refractivity contribution in [1.82, 2.24) is 15.4 Å². The van der Waals surface area contributed by atoms with Crippen LogP contribution in [0.2, 0.25) is 0 Å². The third kappa shape index (κ3) is 11.7. The summed E-state index contributed by atoms with van der Waals surface area (Å²) in [7, 11) is -1.69. The Morgan fingerprint density at radius 1 is 1.24 bits per heavy atom. The zero-order valence-corrected chi connectivity index (χ0v) is 20.1. The molecular weight excluding hydrogens is 507 g/mol. The van der Waals surface area contributed by atoms with Crippen molar-refractivity contribution in [2.24, 2.45) is 10.9 Å². The second-order valence-electron chi connectivity index (χ2n) is 6.71. The van der Waals surface area contributed by atoms with Gasteiger partial charge in [-0.1, -0.05) is 30.3 Å². The first-order chi connectivity index (χ1) is 13.6. The number of halogens is 1. The molecule has 1 aromatic carbocycles. The summed E-state index contributed by atoms with van der Waals surface area (Å²) in [6.45, 7) is 4.36. The lowest BCUT2D eigenvalue weighted by molar-refractivity contribution is 0.0888. The van der Waals surface area contributed by atoms with Crippen LogP contribution in [0.1, 0.15) is 18.4 Å². The number of hydrogen-bond acceptors (Lipinski definition) is 5. The Morgan fingerprint density at radius 2 is 2.00 bits per heavy atom. The number of aliphatic imine (C=N–C) groups is 1. The van der Waals surface area contributed by atoms with Crippen molar-refractivity contribution in [3.8, 4) is 0 Å². The third-order valence-electron chi connectivity index (χ3n) is 4.36. The molecular formula is C19H33IN4O4S. The highest BCUT2D eigenvalue weighted by Crippen LogP contribution is 2.12. The van der Waals surface area contributed by atoms with Crippen molar-refractivity contribution in [3.63, 3.8) is 0 Å². The Hall–Kier alpha value is -0.950. The molecule has 1 saturated heterocycles. The molecule has 0 aromatic heterocycles. The van der Waals surface area contributed by atoms with Gasteiger partial charge in [0.1, 0.15) is 0 Å². The molecule has 0 saturated carbocycles. The normalized spacial score (nSPS) is 17.0. The van der Waals surface area contributed by atoms with Crippen LogP contribution in [0.4, 0.5) is 0 Å². The number of ether oxygens (including phenoxy) is 2. The maximum Gasteiger partial charge on any atom is 0.213 e. The molecule has 10 heteroatoms. The van der Waals surface area contributed by atoms with Gasteiger partial charge in [0.15, 0.2) is 5.96 Å². The fourth-order valence-electron chi connectivity index (χ4n) is 2.73. The fourth-order valence-corrected chi connectivity index (χ4v) is 3.63. The molecule has 166 valence electrons. The number of benzene rings is 1. The number of rotatable bonds is 12. The Bertz CT molecular complexity index is 683. The summed E-state index contributed by atoms with van der Waals surface area (Å²) in [6.07, 6.45) is 1.93. The smallest absolute Gasteiger partial charge is 0.213 e. The van der Waals surface area contributed by atoms with Crippen molar-refractivity contribution in [3.05, 3.63) is 35.9 Å². The first-order valence-corrected chi connectivity index (χ1v) is 11.4. The Labute approximate surface area is 191 Å². The van der Waals surface area contributed by atoms with Crippen molar-refractivity contribution in [1.29, 1.82) is 0 Å². The monoisotopic (exact) mass is 540 g/mol. The Morgan fingerprint density at radius 3 is 2.69 bits per heavy atom. The van der Waals surface area contributed by atoms with Gasteiger partial charge in [0.2, 0.25) is 10.0 Å². The Balaban J connectivity index is 0.00000420. The van der Waals surface area contributed by atoms with Crippen LogP contribution < -0.4 is 15.4 Å². The van der Waals surface area contributed by atoms with E-state index in [1.165, 1.54) is 0 Å². The molecule has 0 bridgehead atoms. The summed E-state index contributed by atoms with van der Waals surface area (Å²) < 4.78 is 37.7. The van der Waals surface area contributed by atoms with Crippen LogP contribution in [0.25, 0.3) is 0 Å². The van der Waals surface area contributed by atoms with Gasteiger partial charge in [0.05, 0.1) is 19.0 Å². The number of nitrogens with zero attached hydrogens (tertiary/aromatic N) is 1. The number of guanidine groups is 1. The molecule has 1 aliphatic heterocycles. The second kappa shape index (κ2) is 14.9. The van der Waals surface area contributed by atoms with Gasteiger partial charge in [0, 0.05) is 45.8 Å². The summed E-state index contributed by atoms with van der Waals surface area (Å²) in [4.78, 5) is 4.10. The molecule has 1 atom stereocenters. The first kappa shape index (κ1) is 26.1. The minimum absolute atomic E-state index is 0. The molecule has 1 heterocycles. The summed E-state index contributed by atoms with van der Waals surface area (Å²) in [5.74, 6) is 1.09. The average Bonchev–Trinajstić information content (AvgIpc) is 3.22. The second-order valence-corrected chi connectivity index (χ2v) is 8.64. The van der Waals surface area contributed by atoms with E-state index in [-0.39, 0.29) is 36.3 Å². The molecule has 8 nitrogen and oxygen atoms in total. The van der Waals surface area contributed by atoms with Gasteiger partial charge >= 0.3 is 0 Å². The lowest BCUT2D eigenvalue weighted by Crippen LogP contribution is -2.41. The van der Waals surface area contributed by atoms with Crippen LogP contribution in [0, 0.1) is 5.92 Å². The average molecular weight is 540 g/mol. The molecule has 1 aromatic rings. The van der Waals surface area contributed by atoms with Crippen LogP contribution in [0.5, 0.6) is 0 Å². The predicted octanol–water partition coefficient (Wildman–Crippen LogP) is 1.33. The molecule has 0 aliphatic carbocycles. The SMILES string of the molecule is CN=C(NCCCOCC1CCOC1)NCCS(=O)(=O)NCc1ccccc1.I. The van der Waals surface area contributed by atoms with E-state index in [1.807, 2.05) is 30.3 Å². The van der Waals surface area contributed by atoms with Gasteiger partial charge in [-0.2, -0.15) is 0 Å². The van der Waals surface area contributed by atoms with Crippen LogP contribution in [-0.2, 0) is 26.0 Å². The van der Waals surface area contributed by atoms with E-state index < -0.39 is 10.0 Å². The van der Waals surface area contributed by atoms with E-state index in [0.29, 0.717) is 31.6 Å². The topological polar surface area (TPSA) is 101 Å². The number of nitrogens with one attached hydrogen (secondary N) is 3. The van der Waals surface area contributed by atoms with Gasteiger partial charge in [-0.25, -0.2) is 13.1 Å². The first-order valence-electron chi connectivity index (χ1n) is 9.70. The van der Waals surface area contributed by atoms with Gasteiger partial charge < -0.3 is 20.1 Å². The van der Waals surface area contributed by atoms with E-state index in [0.717, 1.165) is 38.2 Å². The van der Waals surface area contributed by atoms with Gasteiger partial charge in [-0.05, 0) is 18.4 Å². The van der Waals surface area contributed by atoms with Crippen molar-refractivity contribution in [2.75, 3.05) is 52.3 Å². The molecule has 3 N–H and O–H groups in total. The van der Waals surface area contributed by atoms with Crippen molar-refractivity contribution >= 4 is 40.0 Å². The molecule has 2 rings (SSSR count). The van der Waals surface area contributed by atoms with E-state index in [2.05, 4.69) is 20.3 Å². The maximum atomic E-state index is 12.1. The highest BCUT2D eigenvalue weighted by Gasteiger charge is 2.15. The predicted molar refractivity (Wildman–Crippen MR) is 126 cm³/mol. The summed E-state index contributed by atoms with van der Waals surface area (Å²) in [5.41, 5.74) is 0.930. The molecule has 0 amide bonds. The maximum absolute atomic E-state index is 12.1. The lowest BCUT2D eigenvalue weighted by Gasteiger charge is -2.13. The number of sulfonamides is 1. The van der Waals surface area contributed by atoms with E-state index in [1.54, 1.807) is 7.05 Å². The molecule has 0 radical (unpaired) electrons. The zero-order chi connectivity index (χ0) is 20.1. The lowest BCUT2D eigenvalue weighted by atomic mass is 10.1. The van der Waals surface area contributed by atoms with Gasteiger partial charge in [0.25, 0.3) is 0 Å². The van der Waals surface area contributed by atoms with Crippen LogP contribution >= 0.6 is 24.0 Å². The van der Waals surface area contributed by atoms with Crippen LogP contribution in [0.3, 0.4) is 0 Å². The standard InChI is InChI=1S/C19H32N4O4S.HI/c1-20-19(21-9-5-11-26-15-18-8-12-27-16-18)22-10-13-28(24,25)23-14-17-6-3-2-4-7-17;/h2-4,6-7,18,23H,5,8-16H2,1H3,(H2,20,21,22);1H. The van der Waals surface area contributed by atoms with Crippen LogP contribution in [0.15, 0.2) is 35.3 Å². The van der Waals surface area contributed by atoms with Gasteiger partial charge in [-0.3, -0.25) is 4.99 Å². The van der Waals surface area contributed by atoms with Crippen LogP contribution in [-0.4, -0.2) is 66.7 Å². The van der Waals surface area contributed by atoms with Crippen molar-refractivity contribution in [2.45, 2.75) is 19.4 Å². The van der Waals surface area contributed by atoms with Gasteiger partial charge in [-0.15, -0.1) is 24.0 Å². The third-order valence-corrected chi connectivity index (χ3v) is 5.69. The highest BCUT2D eigenvalue weighted by molar-refractivity contribution is 14.0. The molecule has 1 fully saturated rings. The highest BCUT2D eigenvalue weighted by atomic mass is 127. The Kier molecular flexibility index (Phi) is 13.4. The number of hydrogen-bond donors (Lipinski definition) is 3. The van der Waals surface area contributed by atoms with E-state index in [9.17, 15) is 8.42 Å². The van der Waals surface area contributed by atoms with E-state index in [4.69, 9.17) is 9.47 Å². The largest absolute Gasteiger partial charge is 0.381 e. The molecule has 1 unspecified atom stereocenters. The molecule has 29 heavy (non-hydrogen) atoms. The fraction of sp³-hybridized carbons (Fsp3) is 0.632. The summed E-state index contributed by atoms with van der Waals surface area (Å²) in [6, 6.07) is 9.44. The quantitative estimate of drug-likeness (QED) is 0.160.